The Morgan fingerprint density at radius 1 is 1.00 bits per heavy atom. The van der Waals surface area contributed by atoms with Gasteiger partial charge in [0, 0.05) is 48.7 Å². The number of hydrogen-bond acceptors (Lipinski definition) is 6. The van der Waals surface area contributed by atoms with E-state index in [4.69, 9.17) is 18.9 Å². The molecule has 9 heteroatoms. The largest absolute Gasteiger partial charge is 1.00 e. The van der Waals surface area contributed by atoms with E-state index in [0.29, 0.717) is 11.5 Å². The van der Waals surface area contributed by atoms with Gasteiger partial charge in [-0.3, -0.25) is 9.36 Å². The average molecular weight is 664 g/mol. The number of aromatic nitrogens is 2. The van der Waals surface area contributed by atoms with Crippen LogP contribution in [0.3, 0.4) is 0 Å². The lowest BCUT2D eigenvalue weighted by atomic mass is 9.89. The molecule has 0 spiro atoms. The van der Waals surface area contributed by atoms with Crippen LogP contribution in [-0.2, 0) is 19.4 Å². The first-order valence-corrected chi connectivity index (χ1v) is 13.3. The number of halogens is 1. The van der Waals surface area contributed by atoms with Crippen LogP contribution in [0.1, 0.15) is 15.9 Å². The van der Waals surface area contributed by atoms with Gasteiger partial charge >= 0.3 is 0 Å². The maximum Gasteiger partial charge on any atom is 0.235 e. The summed E-state index contributed by atoms with van der Waals surface area (Å²) in [5, 5.41) is 2.89. The zero-order valence-electron chi connectivity index (χ0n) is 23.4. The summed E-state index contributed by atoms with van der Waals surface area (Å²) in [4.78, 5) is 16.1. The highest BCUT2D eigenvalue weighted by atomic mass is 127. The van der Waals surface area contributed by atoms with Crippen molar-refractivity contribution in [2.45, 2.75) is 19.4 Å². The van der Waals surface area contributed by atoms with Crippen molar-refractivity contribution in [2.24, 2.45) is 0 Å². The number of nitrogens with zero attached hydrogens (tertiary/aromatic N) is 3. The van der Waals surface area contributed by atoms with Crippen LogP contribution < -0.4 is 52.4 Å². The predicted molar refractivity (Wildman–Crippen MR) is 153 cm³/mol. The summed E-state index contributed by atoms with van der Waals surface area (Å²) in [6.07, 6.45) is 5.02. The summed E-state index contributed by atoms with van der Waals surface area (Å²) < 4.78 is 26.8. The van der Waals surface area contributed by atoms with Crippen molar-refractivity contribution in [2.75, 3.05) is 40.0 Å². The third kappa shape index (κ3) is 4.34. The zero-order chi connectivity index (χ0) is 27.5. The second-order valence-corrected chi connectivity index (χ2v) is 10.4. The van der Waals surface area contributed by atoms with Gasteiger partial charge in [-0.25, -0.2) is 0 Å². The molecule has 4 heterocycles. The minimum absolute atomic E-state index is 0. The Hall–Kier alpha value is -3.99. The molecule has 0 aliphatic carbocycles. The van der Waals surface area contributed by atoms with Gasteiger partial charge in [-0.05, 0) is 54.1 Å². The van der Waals surface area contributed by atoms with Gasteiger partial charge in [-0.15, -0.1) is 0 Å². The summed E-state index contributed by atoms with van der Waals surface area (Å²) in [6.45, 7) is 0.980. The number of anilines is 1. The quantitative estimate of drug-likeness (QED) is 0.212. The second-order valence-electron chi connectivity index (χ2n) is 10.4. The van der Waals surface area contributed by atoms with Crippen molar-refractivity contribution in [3.63, 3.8) is 0 Å². The molecule has 2 aliphatic rings. The minimum atomic E-state index is -0.00875. The predicted octanol–water partition coefficient (Wildman–Crippen LogP) is 2.00. The molecule has 7 rings (SSSR count). The van der Waals surface area contributed by atoms with Crippen LogP contribution in [0.25, 0.3) is 32.9 Å². The maximum absolute atomic E-state index is 14.1. The van der Waals surface area contributed by atoms with Gasteiger partial charge in [0.1, 0.15) is 0 Å². The van der Waals surface area contributed by atoms with Crippen molar-refractivity contribution >= 4 is 33.3 Å². The van der Waals surface area contributed by atoms with E-state index >= 15 is 0 Å². The monoisotopic (exact) mass is 663 g/mol. The van der Waals surface area contributed by atoms with Gasteiger partial charge in [0.25, 0.3) is 0 Å². The van der Waals surface area contributed by atoms with Crippen LogP contribution in [-0.4, -0.2) is 45.6 Å². The summed E-state index contributed by atoms with van der Waals surface area (Å²) in [5.74, 6) is 2.80. The van der Waals surface area contributed by atoms with Gasteiger partial charge in [-0.2, -0.15) is 4.57 Å². The Morgan fingerprint density at radius 3 is 2.56 bits per heavy atom. The second kappa shape index (κ2) is 10.4. The Kier molecular flexibility index (Phi) is 6.93. The number of fused-ring (bicyclic) bond motifs is 6. The smallest absolute Gasteiger partial charge is 0.235 e. The molecular weight excluding hydrogens is 633 g/mol. The first kappa shape index (κ1) is 27.2. The molecule has 0 amide bonds. The van der Waals surface area contributed by atoms with Crippen LogP contribution >= 0.6 is 0 Å². The average Bonchev–Trinajstić information content (AvgIpc) is 3.61. The van der Waals surface area contributed by atoms with Gasteiger partial charge in [0.05, 0.1) is 37.1 Å². The van der Waals surface area contributed by atoms with E-state index < -0.39 is 0 Å². The van der Waals surface area contributed by atoms with Gasteiger partial charge in [-0.1, -0.05) is 0 Å². The van der Waals surface area contributed by atoms with Crippen molar-refractivity contribution in [1.29, 1.82) is 0 Å². The molecule has 2 aromatic heterocycles. The lowest BCUT2D eigenvalue weighted by Crippen LogP contribution is -3.00. The number of pyridine rings is 1. The third-order valence-corrected chi connectivity index (χ3v) is 8.03. The molecule has 0 saturated heterocycles. The van der Waals surface area contributed by atoms with Gasteiger partial charge < -0.3 is 47.8 Å². The number of rotatable bonds is 5. The first-order valence-electron chi connectivity index (χ1n) is 13.3. The van der Waals surface area contributed by atoms with E-state index in [1.807, 2.05) is 50.6 Å². The van der Waals surface area contributed by atoms with Gasteiger partial charge in [0.2, 0.25) is 18.4 Å². The molecule has 0 fully saturated rings. The number of carbonyl (C=O) groups is 1. The highest BCUT2D eigenvalue weighted by molar-refractivity contribution is 6.00. The van der Waals surface area contributed by atoms with E-state index in [9.17, 15) is 4.79 Å². The molecular formula is C32H30IN3O5. The Labute approximate surface area is 255 Å². The fourth-order valence-corrected chi connectivity index (χ4v) is 6.05. The summed E-state index contributed by atoms with van der Waals surface area (Å²) >= 11 is 0. The zero-order valence-corrected chi connectivity index (χ0v) is 25.5. The molecule has 0 N–H and O–H groups in total. The van der Waals surface area contributed by atoms with Crippen LogP contribution in [0, 0.1) is 0 Å². The van der Waals surface area contributed by atoms with E-state index in [1.165, 1.54) is 5.56 Å². The van der Waals surface area contributed by atoms with Crippen molar-refractivity contribution in [3.8, 4) is 34.3 Å². The molecule has 8 nitrogen and oxygen atoms in total. The van der Waals surface area contributed by atoms with Crippen LogP contribution in [0.4, 0.5) is 5.69 Å². The molecule has 41 heavy (non-hydrogen) atoms. The summed E-state index contributed by atoms with van der Waals surface area (Å²) in [6, 6.07) is 16.2. The standard InChI is InChI=1S/C32H30N3O5.HI/c1-33(2)21-5-7-26-20(13-21)10-12-35(26)30(36)16-24-22-6-8-27(37-3)32(38-4)25(22)17-34-11-9-19-14-28-29(40-18-39-28)15-23(19)31(24)34;/h5-8,10,12-15,17H,9,11,16,18H2,1-4H3;1H/q+1;/p-1. The molecule has 5 aromatic rings. The fraction of sp³-hybridized carbons (Fsp3) is 0.250. The summed E-state index contributed by atoms with van der Waals surface area (Å²) in [5.41, 5.74) is 6.17. The van der Waals surface area contributed by atoms with Crippen LogP contribution in [0.15, 0.2) is 60.9 Å². The SMILES string of the molecule is COc1ccc2c(CC(=O)n3ccc4cc(N(C)C)ccc43)c3[n+](cc2c1OC)CCc1cc2c(cc1-3)OCO2.[I-]. The Bertz CT molecular complexity index is 1850. The number of aryl methyl sites for hydroxylation is 2. The number of hydrogen-bond donors (Lipinski definition) is 0. The molecule has 3 aromatic carbocycles. The third-order valence-electron chi connectivity index (χ3n) is 8.03. The molecule has 0 saturated carbocycles. The van der Waals surface area contributed by atoms with E-state index in [2.05, 4.69) is 33.9 Å². The minimum Gasteiger partial charge on any atom is -1.00 e. The normalized spacial score (nSPS) is 13.0. The van der Waals surface area contributed by atoms with E-state index in [1.54, 1.807) is 18.8 Å². The lowest BCUT2D eigenvalue weighted by molar-refractivity contribution is -0.686. The Morgan fingerprint density at radius 2 is 1.80 bits per heavy atom. The van der Waals surface area contributed by atoms with Crippen LogP contribution in [0.5, 0.6) is 23.0 Å². The number of methoxy groups -OCH3 is 2. The van der Waals surface area contributed by atoms with E-state index in [-0.39, 0.29) is 43.1 Å². The number of ether oxygens (including phenoxy) is 4. The molecule has 0 atom stereocenters. The topological polar surface area (TPSA) is 66.0 Å². The maximum atomic E-state index is 14.1. The molecule has 0 unspecified atom stereocenters. The van der Waals surface area contributed by atoms with Crippen molar-refractivity contribution < 1.29 is 52.3 Å². The number of carbonyl (C=O) groups excluding carboxylic acids is 1. The van der Waals surface area contributed by atoms with Crippen molar-refractivity contribution in [3.05, 3.63) is 72.1 Å². The summed E-state index contributed by atoms with van der Waals surface area (Å²) in [7, 11) is 7.31. The highest BCUT2D eigenvalue weighted by Crippen LogP contribution is 2.44. The number of benzene rings is 3. The molecule has 0 bridgehead atoms. The first-order chi connectivity index (χ1) is 19.5. The molecule has 210 valence electrons. The van der Waals surface area contributed by atoms with Crippen LogP contribution in [0.2, 0.25) is 0 Å². The lowest BCUT2D eigenvalue weighted by Gasteiger charge is -2.21. The highest BCUT2D eigenvalue weighted by Gasteiger charge is 2.33. The van der Waals surface area contributed by atoms with Gasteiger partial charge in [0.15, 0.2) is 35.7 Å². The van der Waals surface area contributed by atoms with E-state index in [0.717, 1.165) is 68.6 Å². The van der Waals surface area contributed by atoms with Crippen molar-refractivity contribution in [1.82, 2.24) is 4.57 Å². The molecule has 2 aliphatic heterocycles. The Balaban J connectivity index is 0.00000302. The molecule has 0 radical (unpaired) electrons. The fourth-order valence-electron chi connectivity index (χ4n) is 6.05.